The van der Waals surface area contributed by atoms with Crippen molar-refractivity contribution in [3.05, 3.63) is 0 Å². The topological polar surface area (TPSA) is 69.6 Å². The van der Waals surface area contributed by atoms with Gasteiger partial charge in [-0.15, -0.1) is 0 Å². The molecule has 0 saturated heterocycles. The molecule has 0 aliphatic heterocycles. The molecule has 84 valence electrons. The lowest BCUT2D eigenvalue weighted by Crippen LogP contribution is -2.43. The second-order valence-electron chi connectivity index (χ2n) is 3.45. The normalized spacial score (nSPS) is 14.4. The van der Waals surface area contributed by atoms with E-state index < -0.39 is 24.5 Å². The summed E-state index contributed by atoms with van der Waals surface area (Å²) in [6.07, 6.45) is -0.750. The van der Waals surface area contributed by atoms with E-state index in [2.05, 4.69) is 5.32 Å². The number of aliphatic hydroxyl groups excluding tert-OH is 1. The van der Waals surface area contributed by atoms with Crippen LogP contribution in [0.15, 0.2) is 0 Å². The van der Waals surface area contributed by atoms with Crippen LogP contribution in [0.2, 0.25) is 0 Å². The molecule has 1 atom stereocenters. The van der Waals surface area contributed by atoms with E-state index in [-0.39, 0.29) is 12.5 Å². The van der Waals surface area contributed by atoms with Crippen molar-refractivity contribution in [3.8, 4) is 0 Å². The average molecular weight is 211 g/mol. The highest BCUT2D eigenvalue weighted by atomic mass is 19.3. The molecule has 0 aromatic carbocycles. The van der Waals surface area contributed by atoms with Crippen molar-refractivity contribution in [2.75, 3.05) is 13.1 Å². The molecule has 6 heteroatoms. The van der Waals surface area contributed by atoms with Crippen LogP contribution in [0, 0.1) is 5.92 Å². The van der Waals surface area contributed by atoms with Gasteiger partial charge in [0, 0.05) is 6.54 Å². The Morgan fingerprint density at radius 3 is 2.36 bits per heavy atom. The minimum atomic E-state index is -3.78. The van der Waals surface area contributed by atoms with Crippen molar-refractivity contribution >= 4 is 5.97 Å². The number of hydrogen-bond acceptors (Lipinski definition) is 3. The predicted octanol–water partition coefficient (Wildman–Crippen LogP) is 0.313. The molecule has 0 spiro atoms. The largest absolute Gasteiger partial charge is 0.477 e. The molecule has 0 aromatic heterocycles. The van der Waals surface area contributed by atoms with Gasteiger partial charge in [-0.2, -0.15) is 8.78 Å². The van der Waals surface area contributed by atoms with E-state index in [4.69, 9.17) is 5.11 Å². The van der Waals surface area contributed by atoms with Crippen LogP contribution >= 0.6 is 0 Å². The van der Waals surface area contributed by atoms with Crippen molar-refractivity contribution in [2.45, 2.75) is 25.9 Å². The number of carboxylic acids is 1. The lowest BCUT2D eigenvalue weighted by molar-refractivity contribution is -0.164. The first-order valence-corrected chi connectivity index (χ1v) is 4.27. The van der Waals surface area contributed by atoms with Gasteiger partial charge in [-0.05, 0) is 5.92 Å². The molecule has 0 aromatic rings. The first-order chi connectivity index (χ1) is 6.27. The lowest BCUT2D eigenvalue weighted by atomic mass is 10.1. The summed E-state index contributed by atoms with van der Waals surface area (Å²) >= 11 is 0. The Morgan fingerprint density at radius 1 is 1.50 bits per heavy atom. The number of nitrogens with one attached hydrogen (secondary N) is 1. The van der Waals surface area contributed by atoms with Gasteiger partial charge >= 0.3 is 11.9 Å². The smallest absolute Gasteiger partial charge is 0.375 e. The van der Waals surface area contributed by atoms with Crippen LogP contribution in [0.3, 0.4) is 0 Å². The van der Waals surface area contributed by atoms with E-state index in [0.717, 1.165) is 0 Å². The van der Waals surface area contributed by atoms with Gasteiger partial charge in [-0.25, -0.2) is 4.79 Å². The summed E-state index contributed by atoms with van der Waals surface area (Å²) in [7, 11) is 0. The van der Waals surface area contributed by atoms with E-state index in [1.54, 1.807) is 13.8 Å². The fraction of sp³-hybridized carbons (Fsp3) is 0.875. The zero-order valence-corrected chi connectivity index (χ0v) is 8.13. The summed E-state index contributed by atoms with van der Waals surface area (Å²) in [6.45, 7) is 2.47. The fourth-order valence-electron chi connectivity index (χ4n) is 0.688. The quantitative estimate of drug-likeness (QED) is 0.591. The molecule has 0 bridgehead atoms. The standard InChI is InChI=1S/C8H15F2NO3/c1-5(2)6(12)3-11-4-8(9,10)7(13)14/h5-6,11-12H,3-4H2,1-2H3,(H,13,14). The highest BCUT2D eigenvalue weighted by molar-refractivity contribution is 5.75. The van der Waals surface area contributed by atoms with Crippen molar-refractivity contribution < 1.29 is 23.8 Å². The van der Waals surface area contributed by atoms with E-state index >= 15 is 0 Å². The zero-order chi connectivity index (χ0) is 11.4. The van der Waals surface area contributed by atoms with Gasteiger partial charge in [0.15, 0.2) is 0 Å². The predicted molar refractivity (Wildman–Crippen MR) is 46.3 cm³/mol. The number of rotatable bonds is 6. The summed E-state index contributed by atoms with van der Waals surface area (Å²) < 4.78 is 24.9. The number of hydrogen-bond donors (Lipinski definition) is 3. The minimum Gasteiger partial charge on any atom is -0.477 e. The number of aliphatic carboxylic acids is 1. The molecule has 14 heavy (non-hydrogen) atoms. The van der Waals surface area contributed by atoms with Gasteiger partial charge in [-0.3, -0.25) is 0 Å². The van der Waals surface area contributed by atoms with E-state index in [9.17, 15) is 18.7 Å². The van der Waals surface area contributed by atoms with Crippen LogP contribution in [0.5, 0.6) is 0 Å². The van der Waals surface area contributed by atoms with Crippen LogP contribution in [-0.4, -0.2) is 41.3 Å². The number of carboxylic acid groups (broad SMARTS) is 1. The van der Waals surface area contributed by atoms with Crippen molar-refractivity contribution in [2.24, 2.45) is 5.92 Å². The molecule has 0 fully saturated rings. The Labute approximate surface area is 80.9 Å². The van der Waals surface area contributed by atoms with Crippen molar-refractivity contribution in [1.29, 1.82) is 0 Å². The van der Waals surface area contributed by atoms with Crippen LogP contribution in [0.4, 0.5) is 8.78 Å². The highest BCUT2D eigenvalue weighted by Crippen LogP contribution is 2.11. The van der Waals surface area contributed by atoms with E-state index in [0.29, 0.717) is 0 Å². The third-order valence-corrected chi connectivity index (χ3v) is 1.78. The summed E-state index contributed by atoms with van der Waals surface area (Å²) in [6, 6.07) is 0. The van der Waals surface area contributed by atoms with Crippen molar-refractivity contribution in [1.82, 2.24) is 5.32 Å². The molecule has 0 aliphatic rings. The summed E-state index contributed by atoms with van der Waals surface area (Å²) in [5.41, 5.74) is 0. The fourth-order valence-corrected chi connectivity index (χ4v) is 0.688. The molecule has 1 unspecified atom stereocenters. The molecule has 0 rings (SSSR count). The molecule has 0 amide bonds. The van der Waals surface area contributed by atoms with Crippen molar-refractivity contribution in [3.63, 3.8) is 0 Å². The number of aliphatic hydroxyl groups is 1. The van der Waals surface area contributed by atoms with Gasteiger partial charge in [0.25, 0.3) is 0 Å². The van der Waals surface area contributed by atoms with Crippen LogP contribution in [-0.2, 0) is 4.79 Å². The van der Waals surface area contributed by atoms with Gasteiger partial charge in [0.05, 0.1) is 12.6 Å². The Hall–Kier alpha value is -0.750. The molecule has 4 nitrogen and oxygen atoms in total. The molecular formula is C8H15F2NO3. The maximum absolute atomic E-state index is 12.5. The molecule has 0 aliphatic carbocycles. The highest BCUT2D eigenvalue weighted by Gasteiger charge is 2.38. The molecule has 3 N–H and O–H groups in total. The Bertz CT molecular complexity index is 197. The summed E-state index contributed by atoms with van der Waals surface area (Å²) in [5.74, 6) is -6.00. The average Bonchev–Trinajstić information content (AvgIpc) is 2.03. The number of alkyl halides is 2. The van der Waals surface area contributed by atoms with Crippen LogP contribution in [0.25, 0.3) is 0 Å². The van der Waals surface area contributed by atoms with Crippen LogP contribution < -0.4 is 5.32 Å². The maximum Gasteiger partial charge on any atom is 0.375 e. The Balaban J connectivity index is 3.79. The summed E-state index contributed by atoms with van der Waals surface area (Å²) in [5, 5.41) is 19.5. The van der Waals surface area contributed by atoms with Gasteiger partial charge in [0.2, 0.25) is 0 Å². The third-order valence-electron chi connectivity index (χ3n) is 1.78. The second-order valence-corrected chi connectivity index (χ2v) is 3.45. The third kappa shape index (κ3) is 4.48. The molecule has 0 heterocycles. The minimum absolute atomic E-state index is 0.0411. The SMILES string of the molecule is CC(C)C(O)CNCC(F)(F)C(=O)O. The molecular weight excluding hydrogens is 196 g/mol. The monoisotopic (exact) mass is 211 g/mol. The maximum atomic E-state index is 12.5. The Morgan fingerprint density at radius 2 is 2.00 bits per heavy atom. The molecule has 0 saturated carbocycles. The zero-order valence-electron chi connectivity index (χ0n) is 8.13. The summed E-state index contributed by atoms with van der Waals surface area (Å²) in [4.78, 5) is 9.98. The first-order valence-electron chi connectivity index (χ1n) is 4.27. The van der Waals surface area contributed by atoms with Gasteiger partial charge in [0.1, 0.15) is 0 Å². The Kier molecular flexibility index (Phi) is 4.93. The molecule has 0 radical (unpaired) electrons. The number of carbonyl (C=O) groups is 1. The van der Waals surface area contributed by atoms with Gasteiger partial charge < -0.3 is 15.5 Å². The van der Waals surface area contributed by atoms with E-state index in [1.807, 2.05) is 0 Å². The second kappa shape index (κ2) is 5.21. The lowest BCUT2D eigenvalue weighted by Gasteiger charge is -2.17. The van der Waals surface area contributed by atoms with E-state index in [1.165, 1.54) is 0 Å². The number of halogens is 2. The van der Waals surface area contributed by atoms with Gasteiger partial charge in [-0.1, -0.05) is 13.8 Å². The van der Waals surface area contributed by atoms with Crippen LogP contribution in [0.1, 0.15) is 13.8 Å². The first kappa shape index (κ1) is 13.2.